The van der Waals surface area contributed by atoms with E-state index >= 15 is 0 Å². The highest BCUT2D eigenvalue weighted by molar-refractivity contribution is 9.09. The standard InChI is InChI=1S/C18H23BrO5/c1-4-24-17(21)18(7-5-6-8-19)11-12-9-14(22-2)15(23-3)10-13(12)16(18)20/h9-10H,4-8,11H2,1-3H3. The molecule has 1 aromatic carbocycles. The Morgan fingerprint density at radius 2 is 1.88 bits per heavy atom. The van der Waals surface area contributed by atoms with Crippen molar-refractivity contribution in [2.45, 2.75) is 32.6 Å². The number of carbonyl (C=O) groups excluding carboxylic acids is 2. The van der Waals surface area contributed by atoms with Crippen molar-refractivity contribution < 1.29 is 23.8 Å². The summed E-state index contributed by atoms with van der Waals surface area (Å²) in [6, 6.07) is 3.46. The van der Waals surface area contributed by atoms with E-state index in [1.54, 1.807) is 26.2 Å². The minimum atomic E-state index is -1.13. The molecule has 0 radical (unpaired) electrons. The lowest BCUT2D eigenvalue weighted by atomic mass is 9.79. The first-order chi connectivity index (χ1) is 11.5. The molecule has 2 rings (SSSR count). The van der Waals surface area contributed by atoms with Gasteiger partial charge in [-0.3, -0.25) is 9.59 Å². The Bertz CT molecular complexity index is 628. The lowest BCUT2D eigenvalue weighted by Crippen LogP contribution is -2.38. The number of benzene rings is 1. The number of alkyl halides is 1. The first-order valence-electron chi connectivity index (χ1n) is 8.07. The van der Waals surface area contributed by atoms with Crippen LogP contribution in [-0.2, 0) is 16.0 Å². The highest BCUT2D eigenvalue weighted by Crippen LogP contribution is 2.45. The molecule has 0 N–H and O–H groups in total. The molecule has 0 fully saturated rings. The van der Waals surface area contributed by atoms with Crippen molar-refractivity contribution in [1.82, 2.24) is 0 Å². The maximum atomic E-state index is 13.1. The number of unbranched alkanes of at least 4 members (excludes halogenated alkanes) is 1. The van der Waals surface area contributed by atoms with Crippen LogP contribution in [0.2, 0.25) is 0 Å². The Balaban J connectivity index is 2.43. The second kappa shape index (κ2) is 8.01. The van der Waals surface area contributed by atoms with Crippen molar-refractivity contribution in [2.75, 3.05) is 26.2 Å². The van der Waals surface area contributed by atoms with E-state index in [1.807, 2.05) is 0 Å². The number of esters is 1. The first kappa shape index (κ1) is 18.8. The van der Waals surface area contributed by atoms with E-state index in [2.05, 4.69) is 15.9 Å². The molecule has 132 valence electrons. The number of rotatable bonds is 8. The molecule has 24 heavy (non-hydrogen) atoms. The molecule has 6 heteroatoms. The molecular weight excluding hydrogens is 376 g/mol. The summed E-state index contributed by atoms with van der Waals surface area (Å²) in [4.78, 5) is 25.7. The summed E-state index contributed by atoms with van der Waals surface area (Å²) < 4.78 is 15.8. The second-order valence-electron chi connectivity index (χ2n) is 5.82. The highest BCUT2D eigenvalue weighted by Gasteiger charge is 2.52. The number of ketones is 1. The largest absolute Gasteiger partial charge is 0.493 e. The molecule has 0 spiro atoms. The van der Waals surface area contributed by atoms with Crippen LogP contribution in [0.3, 0.4) is 0 Å². The van der Waals surface area contributed by atoms with E-state index in [0.29, 0.717) is 29.9 Å². The Morgan fingerprint density at radius 1 is 1.21 bits per heavy atom. The van der Waals surface area contributed by atoms with Crippen LogP contribution in [0.15, 0.2) is 12.1 Å². The topological polar surface area (TPSA) is 61.8 Å². The fraction of sp³-hybridized carbons (Fsp3) is 0.556. The first-order valence-corrected chi connectivity index (χ1v) is 9.19. The third kappa shape index (κ3) is 3.29. The maximum absolute atomic E-state index is 13.1. The summed E-state index contributed by atoms with van der Waals surface area (Å²) in [6.45, 7) is 2.01. The fourth-order valence-corrected chi connectivity index (χ4v) is 3.60. The van der Waals surface area contributed by atoms with Crippen LogP contribution >= 0.6 is 15.9 Å². The third-order valence-electron chi connectivity index (χ3n) is 4.43. The lowest BCUT2D eigenvalue weighted by Gasteiger charge is -2.24. The maximum Gasteiger partial charge on any atom is 0.320 e. The van der Waals surface area contributed by atoms with Crippen molar-refractivity contribution >= 4 is 27.7 Å². The van der Waals surface area contributed by atoms with Crippen LogP contribution in [0, 0.1) is 5.41 Å². The van der Waals surface area contributed by atoms with Crippen LogP contribution in [0.25, 0.3) is 0 Å². The smallest absolute Gasteiger partial charge is 0.320 e. The Kier molecular flexibility index (Phi) is 6.27. The summed E-state index contributed by atoms with van der Waals surface area (Å²) in [5, 5.41) is 0.842. The van der Waals surface area contributed by atoms with Gasteiger partial charge in [0.1, 0.15) is 5.41 Å². The van der Waals surface area contributed by atoms with Gasteiger partial charge in [0, 0.05) is 10.9 Å². The second-order valence-corrected chi connectivity index (χ2v) is 6.61. The average molecular weight is 399 g/mol. The number of hydrogen-bond acceptors (Lipinski definition) is 5. The van der Waals surface area contributed by atoms with E-state index in [0.717, 1.165) is 23.7 Å². The molecule has 1 unspecified atom stereocenters. The van der Waals surface area contributed by atoms with Crippen molar-refractivity contribution in [1.29, 1.82) is 0 Å². The summed E-state index contributed by atoms with van der Waals surface area (Å²) >= 11 is 3.39. The van der Waals surface area contributed by atoms with E-state index in [1.165, 1.54) is 7.11 Å². The minimum Gasteiger partial charge on any atom is -0.493 e. The van der Waals surface area contributed by atoms with Gasteiger partial charge in [-0.05, 0) is 43.9 Å². The van der Waals surface area contributed by atoms with Crippen LogP contribution in [0.4, 0.5) is 0 Å². The molecule has 1 aromatic rings. The number of halogens is 1. The molecule has 0 aromatic heterocycles. The van der Waals surface area contributed by atoms with Gasteiger partial charge in [-0.1, -0.05) is 22.4 Å². The molecular formula is C18H23BrO5. The molecule has 0 bridgehead atoms. The van der Waals surface area contributed by atoms with E-state index in [4.69, 9.17) is 14.2 Å². The summed E-state index contributed by atoms with van der Waals surface area (Å²) in [6.07, 6.45) is 2.51. The zero-order valence-corrected chi connectivity index (χ0v) is 15.9. The molecule has 5 nitrogen and oxygen atoms in total. The van der Waals surface area contributed by atoms with Crippen molar-refractivity contribution in [3.63, 3.8) is 0 Å². The molecule has 0 amide bonds. The van der Waals surface area contributed by atoms with E-state index in [9.17, 15) is 9.59 Å². The summed E-state index contributed by atoms with van der Waals surface area (Å²) in [5.41, 5.74) is 0.210. The van der Waals surface area contributed by atoms with Crippen molar-refractivity contribution in [3.05, 3.63) is 23.3 Å². The number of carbonyl (C=O) groups is 2. The lowest BCUT2D eigenvalue weighted by molar-refractivity contribution is -0.152. The minimum absolute atomic E-state index is 0.175. The third-order valence-corrected chi connectivity index (χ3v) is 4.99. The van der Waals surface area contributed by atoms with Crippen molar-refractivity contribution in [3.8, 4) is 11.5 Å². The predicted octanol–water partition coefficient (Wildman–Crippen LogP) is 3.56. The predicted molar refractivity (Wildman–Crippen MR) is 94.3 cm³/mol. The van der Waals surface area contributed by atoms with Gasteiger partial charge in [-0.15, -0.1) is 0 Å². The average Bonchev–Trinajstić information content (AvgIpc) is 2.87. The monoisotopic (exact) mass is 398 g/mol. The zero-order chi connectivity index (χ0) is 17.7. The molecule has 0 saturated carbocycles. The van der Waals surface area contributed by atoms with Gasteiger partial charge < -0.3 is 14.2 Å². The summed E-state index contributed by atoms with van der Waals surface area (Å²) in [7, 11) is 3.08. The van der Waals surface area contributed by atoms with Crippen LogP contribution in [0.1, 0.15) is 42.1 Å². The number of fused-ring (bicyclic) bond motifs is 1. The molecule has 1 aliphatic carbocycles. The van der Waals surface area contributed by atoms with Gasteiger partial charge in [0.25, 0.3) is 0 Å². The normalized spacial score (nSPS) is 19.1. The van der Waals surface area contributed by atoms with Crippen LogP contribution in [-0.4, -0.2) is 37.9 Å². The molecule has 0 aliphatic heterocycles. The molecule has 0 heterocycles. The van der Waals surface area contributed by atoms with Gasteiger partial charge in [-0.25, -0.2) is 0 Å². The SMILES string of the molecule is CCOC(=O)C1(CCCCBr)Cc2cc(OC)c(OC)cc2C1=O. The van der Waals surface area contributed by atoms with Gasteiger partial charge >= 0.3 is 5.97 Å². The van der Waals surface area contributed by atoms with Crippen LogP contribution < -0.4 is 9.47 Å². The fourth-order valence-electron chi connectivity index (χ4n) is 3.20. The van der Waals surface area contributed by atoms with E-state index in [-0.39, 0.29) is 12.4 Å². The Morgan fingerprint density at radius 3 is 2.46 bits per heavy atom. The van der Waals surface area contributed by atoms with E-state index < -0.39 is 11.4 Å². The van der Waals surface area contributed by atoms with Gasteiger partial charge in [-0.2, -0.15) is 0 Å². The summed E-state index contributed by atoms with van der Waals surface area (Å²) in [5.74, 6) is 0.444. The molecule has 0 saturated heterocycles. The number of hydrogen-bond donors (Lipinski definition) is 0. The Hall–Kier alpha value is -1.56. The van der Waals surface area contributed by atoms with Crippen molar-refractivity contribution in [2.24, 2.45) is 5.41 Å². The van der Waals surface area contributed by atoms with Gasteiger partial charge in [0.2, 0.25) is 0 Å². The number of ether oxygens (including phenoxy) is 3. The molecule has 1 aliphatic rings. The zero-order valence-electron chi connectivity index (χ0n) is 14.3. The molecule has 1 atom stereocenters. The number of methoxy groups -OCH3 is 2. The number of Topliss-reactive ketones (excluding diaryl/α,β-unsaturated/α-hetero) is 1. The van der Waals surface area contributed by atoms with Gasteiger partial charge in [0.15, 0.2) is 17.3 Å². The van der Waals surface area contributed by atoms with Crippen LogP contribution in [0.5, 0.6) is 11.5 Å². The quantitative estimate of drug-likeness (QED) is 0.290. The highest BCUT2D eigenvalue weighted by atomic mass is 79.9. The Labute approximate surface area is 150 Å². The van der Waals surface area contributed by atoms with Gasteiger partial charge in [0.05, 0.1) is 20.8 Å².